The Kier molecular flexibility index (Phi) is 7.40. The van der Waals surface area contributed by atoms with Gasteiger partial charge in [0.25, 0.3) is 0 Å². The molecule has 0 saturated heterocycles. The molecular weight excluding hydrogens is 274 g/mol. The van der Waals surface area contributed by atoms with Gasteiger partial charge in [-0.25, -0.2) is 9.59 Å². The molecule has 7 heteroatoms. The van der Waals surface area contributed by atoms with Crippen LogP contribution >= 0.6 is 11.6 Å². The highest BCUT2D eigenvalue weighted by Crippen LogP contribution is 2.09. The summed E-state index contributed by atoms with van der Waals surface area (Å²) in [6.45, 7) is 0.432. The summed E-state index contributed by atoms with van der Waals surface area (Å²) < 4.78 is 0. The Morgan fingerprint density at radius 3 is 1.79 bits per heavy atom. The van der Waals surface area contributed by atoms with Crippen LogP contribution in [-0.4, -0.2) is 53.5 Å². The molecule has 0 bridgehead atoms. The average Bonchev–Trinajstić information content (AvgIpc) is 2.29. The molecule has 0 atom stereocenters. The molecule has 0 aliphatic heterocycles. The summed E-state index contributed by atoms with van der Waals surface area (Å²) in [5.41, 5.74) is 0.707. The Labute approximate surface area is 115 Å². The van der Waals surface area contributed by atoms with Crippen LogP contribution in [0.25, 0.3) is 0 Å². The zero-order chi connectivity index (χ0) is 15.0. The number of ketones is 1. The van der Waals surface area contributed by atoms with Gasteiger partial charge in [0.15, 0.2) is 5.78 Å². The van der Waals surface area contributed by atoms with Gasteiger partial charge in [-0.2, -0.15) is 0 Å². The monoisotopic (exact) mass is 287 g/mol. The molecule has 0 spiro atoms. The lowest BCUT2D eigenvalue weighted by Gasteiger charge is -2.07. The van der Waals surface area contributed by atoms with Crippen molar-refractivity contribution in [2.75, 3.05) is 20.6 Å². The van der Waals surface area contributed by atoms with Gasteiger partial charge in [-0.05, 0) is 38.4 Å². The quantitative estimate of drug-likeness (QED) is 0.641. The number of carbonyl (C=O) groups excluding carboxylic acids is 1. The molecule has 0 aliphatic rings. The van der Waals surface area contributed by atoms with Crippen LogP contribution in [0, 0.1) is 0 Å². The van der Waals surface area contributed by atoms with Gasteiger partial charge in [-0.3, -0.25) is 4.79 Å². The predicted molar refractivity (Wildman–Crippen MR) is 69.6 cm³/mol. The number of rotatable bonds is 3. The van der Waals surface area contributed by atoms with Crippen LogP contribution in [0.4, 0.5) is 0 Å². The molecular formula is C12H14ClNO5. The van der Waals surface area contributed by atoms with Crippen molar-refractivity contribution in [2.24, 2.45) is 0 Å². The fourth-order valence-corrected chi connectivity index (χ4v) is 1.14. The van der Waals surface area contributed by atoms with E-state index < -0.39 is 11.9 Å². The van der Waals surface area contributed by atoms with Gasteiger partial charge in [0.05, 0.1) is 6.54 Å². The first-order chi connectivity index (χ1) is 8.73. The zero-order valence-electron chi connectivity index (χ0n) is 10.5. The molecule has 0 unspecified atom stereocenters. The summed E-state index contributed by atoms with van der Waals surface area (Å²) in [7, 11) is 3.74. The summed E-state index contributed by atoms with van der Waals surface area (Å²) in [4.78, 5) is 31.5. The van der Waals surface area contributed by atoms with Crippen molar-refractivity contribution in [3.05, 3.63) is 34.9 Å². The second kappa shape index (κ2) is 8.23. The first-order valence-corrected chi connectivity index (χ1v) is 5.51. The van der Waals surface area contributed by atoms with Crippen LogP contribution in [0.5, 0.6) is 0 Å². The second-order valence-electron chi connectivity index (χ2n) is 3.78. The van der Waals surface area contributed by atoms with E-state index in [1.165, 1.54) is 0 Å². The molecule has 0 fully saturated rings. The number of aliphatic carboxylic acids is 2. The molecule has 6 nitrogen and oxygen atoms in total. The Morgan fingerprint density at radius 2 is 1.47 bits per heavy atom. The fraction of sp³-hybridized carbons (Fsp3) is 0.250. The van der Waals surface area contributed by atoms with Crippen molar-refractivity contribution >= 4 is 29.3 Å². The van der Waals surface area contributed by atoms with Crippen molar-refractivity contribution < 1.29 is 24.6 Å². The molecule has 0 heterocycles. The van der Waals surface area contributed by atoms with Crippen LogP contribution in [-0.2, 0) is 9.59 Å². The largest absolute Gasteiger partial charge is 0.473 e. The van der Waals surface area contributed by atoms with Crippen LogP contribution in [0.1, 0.15) is 10.4 Å². The van der Waals surface area contributed by atoms with Gasteiger partial charge < -0.3 is 15.1 Å². The highest BCUT2D eigenvalue weighted by molar-refractivity contribution is 6.30. The standard InChI is InChI=1S/C10H12ClNO.C2H2O4/c1-12(2)7-10(13)8-3-5-9(11)6-4-8;3-1(4)2(5)6/h3-6H,7H2,1-2H3;(H,3,4)(H,5,6). The Balaban J connectivity index is 0.000000459. The van der Waals surface area contributed by atoms with Gasteiger partial charge in [-0.1, -0.05) is 11.6 Å². The lowest BCUT2D eigenvalue weighted by Crippen LogP contribution is -2.21. The predicted octanol–water partition coefficient (Wildman–Crippen LogP) is 1.24. The Morgan fingerprint density at radius 1 is 1.05 bits per heavy atom. The smallest absolute Gasteiger partial charge is 0.414 e. The number of carboxylic acid groups (broad SMARTS) is 2. The van der Waals surface area contributed by atoms with Gasteiger partial charge in [0, 0.05) is 10.6 Å². The summed E-state index contributed by atoms with van der Waals surface area (Å²) in [6, 6.07) is 6.94. The second-order valence-corrected chi connectivity index (χ2v) is 4.21. The van der Waals surface area contributed by atoms with Crippen molar-refractivity contribution in [1.29, 1.82) is 0 Å². The van der Waals surface area contributed by atoms with Crippen LogP contribution < -0.4 is 0 Å². The molecule has 1 rings (SSSR count). The number of likely N-dealkylation sites (N-methyl/N-ethyl adjacent to an activating group) is 1. The van der Waals surface area contributed by atoms with Gasteiger partial charge in [0.1, 0.15) is 0 Å². The maximum Gasteiger partial charge on any atom is 0.414 e. The van der Waals surface area contributed by atoms with Crippen LogP contribution in [0.3, 0.4) is 0 Å². The Bertz CT molecular complexity index is 444. The molecule has 19 heavy (non-hydrogen) atoms. The van der Waals surface area contributed by atoms with Gasteiger partial charge in [-0.15, -0.1) is 0 Å². The number of carbonyl (C=O) groups is 3. The van der Waals surface area contributed by atoms with E-state index in [-0.39, 0.29) is 5.78 Å². The van der Waals surface area contributed by atoms with E-state index in [4.69, 9.17) is 31.4 Å². The van der Waals surface area contributed by atoms with E-state index in [1.54, 1.807) is 24.3 Å². The lowest BCUT2D eigenvalue weighted by molar-refractivity contribution is -0.159. The third-order valence-electron chi connectivity index (χ3n) is 1.81. The van der Waals surface area contributed by atoms with Crippen LogP contribution in [0.15, 0.2) is 24.3 Å². The maximum atomic E-state index is 11.5. The van der Waals surface area contributed by atoms with Crippen LogP contribution in [0.2, 0.25) is 5.02 Å². The zero-order valence-corrected chi connectivity index (χ0v) is 11.2. The minimum atomic E-state index is -1.82. The van der Waals surface area contributed by atoms with E-state index in [0.717, 1.165) is 0 Å². The SMILES string of the molecule is CN(C)CC(=O)c1ccc(Cl)cc1.O=C(O)C(=O)O. The van der Waals surface area contributed by atoms with E-state index in [9.17, 15) is 4.79 Å². The van der Waals surface area contributed by atoms with E-state index in [0.29, 0.717) is 17.1 Å². The van der Waals surface area contributed by atoms with Crippen molar-refractivity contribution in [3.8, 4) is 0 Å². The van der Waals surface area contributed by atoms with E-state index in [2.05, 4.69) is 0 Å². The number of hydrogen-bond donors (Lipinski definition) is 2. The molecule has 0 aliphatic carbocycles. The normalized spacial score (nSPS) is 9.47. The minimum absolute atomic E-state index is 0.113. The van der Waals surface area contributed by atoms with E-state index >= 15 is 0 Å². The van der Waals surface area contributed by atoms with Crippen molar-refractivity contribution in [2.45, 2.75) is 0 Å². The number of carboxylic acids is 2. The maximum absolute atomic E-state index is 11.5. The molecule has 1 aromatic rings. The average molecular weight is 288 g/mol. The number of Topliss-reactive ketones (excluding diaryl/α,β-unsaturated/α-hetero) is 1. The van der Waals surface area contributed by atoms with Gasteiger partial charge in [0.2, 0.25) is 0 Å². The summed E-state index contributed by atoms with van der Waals surface area (Å²) >= 11 is 5.70. The lowest BCUT2D eigenvalue weighted by atomic mass is 10.1. The molecule has 0 radical (unpaired) electrons. The highest BCUT2D eigenvalue weighted by Gasteiger charge is 2.05. The molecule has 0 amide bonds. The van der Waals surface area contributed by atoms with Crippen molar-refractivity contribution in [3.63, 3.8) is 0 Å². The third-order valence-corrected chi connectivity index (χ3v) is 2.06. The summed E-state index contributed by atoms with van der Waals surface area (Å²) in [5.74, 6) is -3.54. The molecule has 0 saturated carbocycles. The number of nitrogens with zero attached hydrogens (tertiary/aromatic N) is 1. The van der Waals surface area contributed by atoms with Gasteiger partial charge >= 0.3 is 11.9 Å². The number of benzene rings is 1. The molecule has 104 valence electrons. The third kappa shape index (κ3) is 7.91. The molecule has 1 aromatic carbocycles. The molecule has 2 N–H and O–H groups in total. The first-order valence-electron chi connectivity index (χ1n) is 5.13. The minimum Gasteiger partial charge on any atom is -0.473 e. The highest BCUT2D eigenvalue weighted by atomic mass is 35.5. The molecule has 0 aromatic heterocycles. The summed E-state index contributed by atoms with van der Waals surface area (Å²) in [5, 5.41) is 15.4. The van der Waals surface area contributed by atoms with Crippen molar-refractivity contribution in [1.82, 2.24) is 4.90 Å². The van der Waals surface area contributed by atoms with E-state index in [1.807, 2.05) is 19.0 Å². The first kappa shape index (κ1) is 17.1. The Hall–Kier alpha value is -1.92. The topological polar surface area (TPSA) is 94.9 Å². The summed E-state index contributed by atoms with van der Waals surface area (Å²) in [6.07, 6.45) is 0. The number of halogens is 1. The fourth-order valence-electron chi connectivity index (χ4n) is 1.01. The number of hydrogen-bond acceptors (Lipinski definition) is 4.